The van der Waals surface area contributed by atoms with Gasteiger partial charge in [-0.15, -0.1) is 0 Å². The first-order chi connectivity index (χ1) is 7.05. The van der Waals surface area contributed by atoms with Crippen molar-refractivity contribution in [3.63, 3.8) is 0 Å². The first kappa shape index (κ1) is 11.1. The van der Waals surface area contributed by atoms with Crippen LogP contribution >= 0.6 is 15.9 Å². The zero-order chi connectivity index (χ0) is 10.9. The van der Waals surface area contributed by atoms with Gasteiger partial charge in [-0.1, -0.05) is 5.16 Å². The average molecular weight is 295 g/mol. The van der Waals surface area contributed by atoms with E-state index in [1.165, 1.54) is 0 Å². The van der Waals surface area contributed by atoms with Crippen molar-refractivity contribution in [1.82, 2.24) is 9.88 Å². The first-order valence-corrected chi connectivity index (χ1v) is 7.08. The zero-order valence-corrected chi connectivity index (χ0v) is 10.3. The van der Waals surface area contributed by atoms with E-state index >= 15 is 0 Å². The van der Waals surface area contributed by atoms with Gasteiger partial charge >= 0.3 is 0 Å². The van der Waals surface area contributed by atoms with Crippen molar-refractivity contribution in [3.8, 4) is 0 Å². The molecule has 0 saturated heterocycles. The Labute approximate surface area is 96.4 Å². The molecule has 1 heterocycles. The summed E-state index contributed by atoms with van der Waals surface area (Å²) in [5.74, 6) is 0.713. The molecular formula is C8H11BrN2O3S. The van der Waals surface area contributed by atoms with Crippen LogP contribution in [0.25, 0.3) is 0 Å². The van der Waals surface area contributed by atoms with E-state index in [4.69, 9.17) is 4.52 Å². The molecular weight excluding hydrogens is 284 g/mol. The molecule has 0 bridgehead atoms. The Hall–Kier alpha value is -0.400. The number of nitrogens with one attached hydrogen (secondary N) is 1. The third-order valence-electron chi connectivity index (χ3n) is 2.15. The minimum atomic E-state index is -3.28. The lowest BCUT2D eigenvalue weighted by Gasteiger charge is -2.02. The van der Waals surface area contributed by atoms with Gasteiger partial charge in [0.15, 0.2) is 5.76 Å². The molecule has 0 radical (unpaired) electrons. The molecule has 1 aliphatic carbocycles. The molecule has 0 spiro atoms. The Morgan fingerprint density at radius 2 is 2.33 bits per heavy atom. The molecule has 15 heavy (non-hydrogen) atoms. The Balaban J connectivity index is 1.91. The molecule has 0 unspecified atom stereocenters. The van der Waals surface area contributed by atoms with Crippen LogP contribution in [0.4, 0.5) is 0 Å². The summed E-state index contributed by atoms with van der Waals surface area (Å²) >= 11 is 3.09. The van der Waals surface area contributed by atoms with Crippen LogP contribution in [0.15, 0.2) is 15.2 Å². The fourth-order valence-corrected chi connectivity index (χ4v) is 2.59. The van der Waals surface area contributed by atoms with E-state index in [1.54, 1.807) is 6.07 Å². The van der Waals surface area contributed by atoms with E-state index in [0.29, 0.717) is 22.8 Å². The summed E-state index contributed by atoms with van der Waals surface area (Å²) in [6, 6.07) is 1.55. The van der Waals surface area contributed by atoms with Crippen LogP contribution in [0.5, 0.6) is 0 Å². The fraction of sp³-hybridized carbons (Fsp3) is 0.625. The second-order valence-corrected chi connectivity index (χ2v) is 6.29. The molecule has 1 aromatic heterocycles. The van der Waals surface area contributed by atoms with E-state index in [2.05, 4.69) is 25.8 Å². The predicted octanol–water partition coefficient (Wildman–Crippen LogP) is 1.27. The van der Waals surface area contributed by atoms with Crippen molar-refractivity contribution < 1.29 is 12.9 Å². The van der Waals surface area contributed by atoms with Crippen LogP contribution in [0.1, 0.15) is 18.6 Å². The fourth-order valence-electron chi connectivity index (χ4n) is 1.16. The largest absolute Gasteiger partial charge is 0.359 e. The number of halogens is 1. The van der Waals surface area contributed by atoms with Crippen molar-refractivity contribution in [3.05, 3.63) is 16.4 Å². The maximum Gasteiger partial charge on any atom is 0.219 e. The van der Waals surface area contributed by atoms with Crippen molar-refractivity contribution in [2.24, 2.45) is 5.92 Å². The highest BCUT2D eigenvalue weighted by Gasteiger charge is 2.24. The second kappa shape index (κ2) is 4.23. The van der Waals surface area contributed by atoms with Crippen LogP contribution in [0, 0.1) is 5.92 Å². The Kier molecular flexibility index (Phi) is 3.13. The van der Waals surface area contributed by atoms with E-state index in [-0.39, 0.29) is 5.75 Å². The molecule has 0 amide bonds. The van der Waals surface area contributed by atoms with Gasteiger partial charge in [0.05, 0.1) is 0 Å². The van der Waals surface area contributed by atoms with Gasteiger partial charge in [0, 0.05) is 12.6 Å². The highest BCUT2D eigenvalue weighted by atomic mass is 79.9. The second-order valence-electron chi connectivity index (χ2n) is 3.67. The monoisotopic (exact) mass is 294 g/mol. The number of hydrogen-bond donors (Lipinski definition) is 1. The molecule has 5 nitrogen and oxygen atoms in total. The van der Waals surface area contributed by atoms with Gasteiger partial charge in [0.1, 0.15) is 10.4 Å². The first-order valence-electron chi connectivity index (χ1n) is 4.63. The van der Waals surface area contributed by atoms with Crippen molar-refractivity contribution in [2.45, 2.75) is 18.6 Å². The normalized spacial score (nSPS) is 16.9. The van der Waals surface area contributed by atoms with Crippen LogP contribution in [-0.2, 0) is 15.8 Å². The Morgan fingerprint density at radius 1 is 1.60 bits per heavy atom. The summed E-state index contributed by atoms with van der Waals surface area (Å²) in [6.45, 7) is 0.539. The quantitative estimate of drug-likeness (QED) is 0.888. The zero-order valence-electron chi connectivity index (χ0n) is 7.94. The smallest absolute Gasteiger partial charge is 0.219 e. The van der Waals surface area contributed by atoms with Gasteiger partial charge in [-0.05, 0) is 34.7 Å². The number of nitrogens with zero attached hydrogens (tertiary/aromatic N) is 1. The minimum Gasteiger partial charge on any atom is -0.359 e. The van der Waals surface area contributed by atoms with E-state index in [1.807, 2.05) is 0 Å². The summed E-state index contributed by atoms with van der Waals surface area (Å²) in [6.07, 6.45) is 2.24. The van der Waals surface area contributed by atoms with Gasteiger partial charge in [0.25, 0.3) is 0 Å². The Morgan fingerprint density at radius 3 is 2.87 bits per heavy atom. The molecule has 1 N–H and O–H groups in total. The van der Waals surface area contributed by atoms with Crippen LogP contribution in [-0.4, -0.2) is 20.1 Å². The summed E-state index contributed by atoms with van der Waals surface area (Å²) in [4.78, 5) is 0. The van der Waals surface area contributed by atoms with Crippen LogP contribution < -0.4 is 4.72 Å². The van der Waals surface area contributed by atoms with E-state index in [0.717, 1.165) is 12.8 Å². The summed E-state index contributed by atoms with van der Waals surface area (Å²) in [7, 11) is -3.28. The molecule has 1 aromatic rings. The molecule has 0 aromatic carbocycles. The summed E-state index contributed by atoms with van der Waals surface area (Å²) < 4.78 is 30.9. The van der Waals surface area contributed by atoms with Gasteiger partial charge in [0.2, 0.25) is 10.0 Å². The maximum atomic E-state index is 11.5. The van der Waals surface area contributed by atoms with Crippen molar-refractivity contribution >= 4 is 26.0 Å². The van der Waals surface area contributed by atoms with E-state index in [9.17, 15) is 8.42 Å². The maximum absolute atomic E-state index is 11.5. The summed E-state index contributed by atoms with van der Waals surface area (Å²) in [5.41, 5.74) is 0. The Bertz CT molecular complexity index is 438. The van der Waals surface area contributed by atoms with E-state index < -0.39 is 10.0 Å². The lowest BCUT2D eigenvalue weighted by molar-refractivity contribution is 0.389. The number of sulfonamides is 1. The average Bonchev–Trinajstić information content (AvgIpc) is 2.88. The molecule has 0 atom stereocenters. The molecule has 7 heteroatoms. The lowest BCUT2D eigenvalue weighted by Crippen LogP contribution is -2.26. The summed E-state index contributed by atoms with van der Waals surface area (Å²) in [5, 5.41) is 3.56. The van der Waals surface area contributed by atoms with Crippen molar-refractivity contribution in [2.75, 3.05) is 6.54 Å². The van der Waals surface area contributed by atoms with Crippen LogP contribution in [0.3, 0.4) is 0 Å². The molecule has 0 aliphatic heterocycles. The molecule has 1 aliphatic rings. The van der Waals surface area contributed by atoms with Gasteiger partial charge in [-0.2, -0.15) is 0 Å². The van der Waals surface area contributed by atoms with Gasteiger partial charge < -0.3 is 4.52 Å². The molecule has 84 valence electrons. The molecule has 1 saturated carbocycles. The predicted molar refractivity (Wildman–Crippen MR) is 57.6 cm³/mol. The lowest BCUT2D eigenvalue weighted by atomic mass is 10.4. The highest BCUT2D eigenvalue weighted by Crippen LogP contribution is 2.27. The number of rotatable bonds is 5. The third kappa shape index (κ3) is 3.58. The number of hydrogen-bond acceptors (Lipinski definition) is 4. The SMILES string of the molecule is O=S(=O)(Cc1cc(Br)no1)NCC1CC1. The highest BCUT2D eigenvalue weighted by molar-refractivity contribution is 9.10. The third-order valence-corrected chi connectivity index (χ3v) is 3.80. The standard InChI is InChI=1S/C8H11BrN2O3S/c9-8-3-7(14-11-8)5-15(12,13)10-4-6-1-2-6/h3,6,10H,1-2,4-5H2. The number of aromatic nitrogens is 1. The van der Waals surface area contributed by atoms with Crippen molar-refractivity contribution in [1.29, 1.82) is 0 Å². The van der Waals surface area contributed by atoms with Gasteiger partial charge in [-0.25, -0.2) is 13.1 Å². The molecule has 2 rings (SSSR count). The minimum absolute atomic E-state index is 0.154. The molecule has 1 fully saturated rings. The van der Waals surface area contributed by atoms with Crippen LogP contribution in [0.2, 0.25) is 0 Å². The topological polar surface area (TPSA) is 72.2 Å². The van der Waals surface area contributed by atoms with Gasteiger partial charge in [-0.3, -0.25) is 0 Å².